The largest absolute Gasteiger partial charge is 0.416 e. The van der Waals surface area contributed by atoms with Crippen LogP contribution in [0.3, 0.4) is 0 Å². The predicted octanol–water partition coefficient (Wildman–Crippen LogP) is 37.8. The van der Waals surface area contributed by atoms with E-state index in [1.165, 1.54) is 259 Å². The molecule has 4 heterocycles. The number of benzene rings is 23. The third-order valence-corrected chi connectivity index (χ3v) is 35.3. The van der Waals surface area contributed by atoms with Gasteiger partial charge in [-0.1, -0.05) is 321 Å². The van der Waals surface area contributed by atoms with Gasteiger partial charge in [0.15, 0.2) is 0 Å². The van der Waals surface area contributed by atoms with Gasteiger partial charge in [0.2, 0.25) is 0 Å². The van der Waals surface area contributed by atoms with Crippen LogP contribution in [0.15, 0.2) is 382 Å². The average molecular weight is 1920 g/mol. The second-order valence-corrected chi connectivity index (χ2v) is 50.1. The number of aryl methyl sites for hydroxylation is 4. The standard InChI is InChI=1S/C52H42N2Si.C43H27F3N2.C43H37N/c1-52(2)44-32-38(53(35-15-8-6-9-16-35)36-17-10-7-11-18-36)25-28-40(44)50-42-26-24-34-30-47-51(43-27-23-33(29-45(50)52)48(42)49(34)43)41-21-12-13-22-46(41)54(47)37-19-14-20-39(31-37)55(3,4)5;1-23-6-3-7-25(18-23)37-30-14-11-24(2)19-33(30)40-31-15-13-27-21-36-41(32-16-12-26(20-34(37)40)38(31)39(27)32)42-35(10-5-17-47-42)48(36)29-9-4-8-28(22-29)43(44,45)46;1-24-18-25(2)20-29(19-24)44-36-23-28(42(3,4)5)14-17-31(36)41-33-16-12-26-21-35-40(30-10-8-9-11-34(30)43(35,6)7)32-15-13-27(22-37(41)44)39(33)38(26)32/h6-32H,1-5H3;3-22,37H,1-2H3;8-23H,1-7H3. The van der Waals surface area contributed by atoms with Crippen molar-refractivity contribution in [3.05, 3.63) is 455 Å². The number of alkyl halides is 3. The zero-order chi connectivity index (χ0) is 100.0. The molecule has 147 heavy (non-hydrogen) atoms. The van der Waals surface area contributed by atoms with E-state index in [1.807, 2.05) is 16.7 Å². The quantitative estimate of drug-likeness (QED) is 0.112. The first-order valence-electron chi connectivity index (χ1n) is 51.6. The van der Waals surface area contributed by atoms with Crippen molar-refractivity contribution in [1.29, 1.82) is 0 Å². The zero-order valence-corrected chi connectivity index (χ0v) is 85.8. The van der Waals surface area contributed by atoms with Crippen molar-refractivity contribution in [3.63, 3.8) is 0 Å². The molecule has 708 valence electrons. The molecule has 1 atom stereocenters. The van der Waals surface area contributed by atoms with Crippen LogP contribution in [0, 0.1) is 27.7 Å². The summed E-state index contributed by atoms with van der Waals surface area (Å²) in [4.78, 5) is 7.19. The number of hydrogen-bond acceptors (Lipinski definition) is 2. The monoisotopic (exact) mass is 1920 g/mol. The molecule has 0 saturated heterocycles. The van der Waals surface area contributed by atoms with E-state index in [0.717, 1.165) is 55.5 Å². The molecule has 0 radical (unpaired) electrons. The number of pyridine rings is 1. The molecule has 0 spiro atoms. The summed E-state index contributed by atoms with van der Waals surface area (Å²) in [7, 11) is -1.51. The van der Waals surface area contributed by atoms with Gasteiger partial charge in [-0.2, -0.15) is 13.2 Å². The van der Waals surface area contributed by atoms with Gasteiger partial charge >= 0.3 is 6.18 Å². The first-order chi connectivity index (χ1) is 71.0. The van der Waals surface area contributed by atoms with E-state index in [4.69, 9.17) is 4.98 Å². The minimum atomic E-state index is -4.44. The molecule has 0 N–H and O–H groups in total. The zero-order valence-electron chi connectivity index (χ0n) is 84.8. The van der Waals surface area contributed by atoms with Gasteiger partial charge in [0.25, 0.3) is 0 Å². The number of para-hydroxylation sites is 3. The molecule has 1 unspecified atom stereocenters. The molecule has 0 bridgehead atoms. The maximum Gasteiger partial charge on any atom is 0.416 e. The molecule has 3 aliphatic carbocycles. The minimum absolute atomic E-state index is 0.0201. The summed E-state index contributed by atoms with van der Waals surface area (Å²) in [5.74, 6) is 0.138. The van der Waals surface area contributed by atoms with Crippen LogP contribution in [-0.4, -0.2) is 26.8 Å². The highest BCUT2D eigenvalue weighted by Crippen LogP contribution is 2.61. The van der Waals surface area contributed by atoms with E-state index < -0.39 is 19.8 Å². The maximum absolute atomic E-state index is 13.8. The smallest absolute Gasteiger partial charge is 0.310 e. The molecule has 23 aromatic carbocycles. The van der Waals surface area contributed by atoms with E-state index in [1.54, 1.807) is 12.3 Å². The highest BCUT2D eigenvalue weighted by Gasteiger charge is 2.42. The first-order valence-corrected chi connectivity index (χ1v) is 55.1. The number of aromatic nitrogens is 4. The normalized spacial score (nSPS) is 14.2. The predicted molar refractivity (Wildman–Crippen MR) is 620 cm³/mol. The number of rotatable bonds is 8. The molecule has 4 aromatic heterocycles. The van der Waals surface area contributed by atoms with Crippen molar-refractivity contribution in [2.75, 3.05) is 4.90 Å². The lowest BCUT2D eigenvalue weighted by atomic mass is 9.80. The lowest BCUT2D eigenvalue weighted by molar-refractivity contribution is -0.137. The molecule has 0 aliphatic heterocycles. The number of hydrogen-bond donors (Lipinski definition) is 0. The fourth-order valence-corrected chi connectivity index (χ4v) is 27.8. The molecule has 5 nitrogen and oxygen atoms in total. The Hall–Kier alpha value is -16.5. The molecule has 0 amide bonds. The molecule has 3 aliphatic rings. The summed E-state index contributed by atoms with van der Waals surface area (Å²) in [5, 5.41) is 30.8. The molecule has 27 aromatic rings. The minimum Gasteiger partial charge on any atom is -0.310 e. The molecule has 9 heteroatoms. The lowest BCUT2D eigenvalue weighted by Gasteiger charge is -2.28. The summed E-state index contributed by atoms with van der Waals surface area (Å²) in [6, 6.07) is 137. The van der Waals surface area contributed by atoms with Crippen molar-refractivity contribution >= 4 is 193 Å². The first kappa shape index (κ1) is 88.3. The van der Waals surface area contributed by atoms with Gasteiger partial charge in [0.05, 0.1) is 52.3 Å². The van der Waals surface area contributed by atoms with Gasteiger partial charge in [-0.25, -0.2) is 0 Å². The topological polar surface area (TPSA) is 30.9 Å². The second-order valence-electron chi connectivity index (χ2n) is 45.1. The van der Waals surface area contributed by atoms with Gasteiger partial charge in [0.1, 0.15) is 0 Å². The van der Waals surface area contributed by atoms with Gasteiger partial charge in [-0.15, -0.1) is 0 Å². The van der Waals surface area contributed by atoms with Crippen LogP contribution in [-0.2, 0) is 22.4 Å². The van der Waals surface area contributed by atoms with Crippen LogP contribution in [0.5, 0.6) is 0 Å². The Morgan fingerprint density at radius 1 is 0.293 bits per heavy atom. The van der Waals surface area contributed by atoms with Crippen molar-refractivity contribution in [3.8, 4) is 50.4 Å². The molecular formula is C138H106F3N5Si. The van der Waals surface area contributed by atoms with Gasteiger partial charge in [-0.05, 0) is 359 Å². The second kappa shape index (κ2) is 31.5. The fourth-order valence-electron chi connectivity index (χ4n) is 26.6. The Labute approximate surface area is 852 Å². The van der Waals surface area contributed by atoms with Crippen molar-refractivity contribution < 1.29 is 13.2 Å². The van der Waals surface area contributed by atoms with E-state index in [9.17, 15) is 13.2 Å². The number of nitrogens with zero attached hydrogens (tertiary/aromatic N) is 5. The maximum atomic E-state index is 13.8. The number of fused-ring (bicyclic) bond motifs is 24. The molecule has 30 rings (SSSR count). The van der Waals surface area contributed by atoms with Crippen molar-refractivity contribution in [2.24, 2.45) is 0 Å². The molecule has 0 saturated carbocycles. The third kappa shape index (κ3) is 13.1. The lowest BCUT2D eigenvalue weighted by Crippen LogP contribution is -2.37. The van der Waals surface area contributed by atoms with Crippen molar-refractivity contribution in [2.45, 2.75) is 124 Å². The van der Waals surface area contributed by atoms with Crippen LogP contribution in [0.1, 0.15) is 127 Å². The summed E-state index contributed by atoms with van der Waals surface area (Å²) in [5.41, 5.74) is 37.1. The Bertz CT molecular complexity index is 10300. The fraction of sp³-hybridized carbons (Fsp3) is 0.138. The highest BCUT2D eigenvalue weighted by molar-refractivity contribution is 6.88. The molecule has 0 fully saturated rings. The van der Waals surface area contributed by atoms with Crippen LogP contribution in [0.25, 0.3) is 213 Å². The summed E-state index contributed by atoms with van der Waals surface area (Å²) in [6.45, 7) is 32.5. The Morgan fingerprint density at radius 3 is 1.39 bits per heavy atom. The van der Waals surface area contributed by atoms with Crippen LogP contribution in [0.4, 0.5) is 30.2 Å². The van der Waals surface area contributed by atoms with Crippen LogP contribution < -0.4 is 10.1 Å². The Balaban J connectivity index is 0.000000107. The highest BCUT2D eigenvalue weighted by atomic mass is 28.3. The van der Waals surface area contributed by atoms with E-state index >= 15 is 0 Å². The average Bonchev–Trinajstić information content (AvgIpc) is 1.55. The third-order valence-electron chi connectivity index (χ3n) is 33.2. The Morgan fingerprint density at radius 2 is 0.782 bits per heavy atom. The van der Waals surface area contributed by atoms with Crippen LogP contribution >= 0.6 is 0 Å². The van der Waals surface area contributed by atoms with Gasteiger partial charge in [-0.3, -0.25) is 4.98 Å². The summed E-state index contributed by atoms with van der Waals surface area (Å²) >= 11 is 0. The number of anilines is 3. The van der Waals surface area contributed by atoms with Gasteiger partial charge in [0, 0.05) is 84.0 Å². The SMILES string of the molecule is CC1(C)c2cc(N(c3ccccc3)c3ccccc3)ccc2-c2c1cc1ccc3c4c(ccc2c14)cc1c3c2ccccc2n1-c1cccc([Si](C)(C)C)c1.Cc1cc(C)cc(-n2c3cc(C(C)(C)C)ccc3c3c4ccc5cc6c(c7ccc(cc32)c4c57)-c2ccccc2C6(C)C)c1.Cc1cccc(C2c3ccc(C)cc3-c3c2cc2ccc4c5c(ccc3c25)cc2c4c3ncccc3n2-c2cccc(C(F)(F)F)c2)c1. The molecular weight excluding hydrogens is 1810 g/mol. The van der Waals surface area contributed by atoms with E-state index in [0.29, 0.717) is 5.69 Å². The Kier molecular flexibility index (Phi) is 18.9. The van der Waals surface area contributed by atoms with Gasteiger partial charge < -0.3 is 18.6 Å². The number of halogens is 3. The van der Waals surface area contributed by atoms with E-state index in [-0.39, 0.29) is 22.2 Å². The van der Waals surface area contributed by atoms with Crippen LogP contribution in [0.2, 0.25) is 19.6 Å². The summed E-state index contributed by atoms with van der Waals surface area (Å²) < 4.78 is 48.5. The van der Waals surface area contributed by atoms with E-state index in [2.05, 4.69) is 450 Å². The summed E-state index contributed by atoms with van der Waals surface area (Å²) in [6.07, 6.45) is -2.69. The van der Waals surface area contributed by atoms with Crippen molar-refractivity contribution in [1.82, 2.24) is 18.7 Å².